The summed E-state index contributed by atoms with van der Waals surface area (Å²) in [5.41, 5.74) is -0.0933. The molecule has 2 aliphatic rings. The number of carbonyl (C=O) groups excluding carboxylic acids is 1. The van der Waals surface area contributed by atoms with E-state index in [1.165, 1.54) is 25.7 Å². The van der Waals surface area contributed by atoms with Crippen LogP contribution in [0.25, 0.3) is 0 Å². The number of likely N-dealkylation sites (tertiary alicyclic amines) is 1. The van der Waals surface area contributed by atoms with Crippen LogP contribution in [0.3, 0.4) is 0 Å². The molecule has 0 atom stereocenters. The molecule has 1 aliphatic heterocycles. The maximum absolute atomic E-state index is 11.9. The van der Waals surface area contributed by atoms with Gasteiger partial charge >= 0.3 is 0 Å². The fourth-order valence-electron chi connectivity index (χ4n) is 3.46. The SMILES string of the molecule is CN(C)C(=O)CN=C(NC1CCCC1)N1CCC(OC(C)(C)C)CC1. The van der Waals surface area contributed by atoms with Gasteiger partial charge in [-0.15, -0.1) is 0 Å². The molecule has 2 fully saturated rings. The van der Waals surface area contributed by atoms with Gasteiger partial charge in [0.05, 0.1) is 11.7 Å². The fourth-order valence-corrected chi connectivity index (χ4v) is 3.46. The molecule has 25 heavy (non-hydrogen) atoms. The maximum Gasteiger partial charge on any atom is 0.243 e. The van der Waals surface area contributed by atoms with Gasteiger partial charge in [-0.3, -0.25) is 4.79 Å². The second-order valence-electron chi connectivity index (χ2n) is 8.47. The highest BCUT2D eigenvalue weighted by Gasteiger charge is 2.27. The third kappa shape index (κ3) is 6.84. The molecule has 1 amide bonds. The average Bonchev–Trinajstić information content (AvgIpc) is 3.03. The summed E-state index contributed by atoms with van der Waals surface area (Å²) in [5.74, 6) is 0.938. The Kier molecular flexibility index (Phi) is 7.11. The van der Waals surface area contributed by atoms with Crippen LogP contribution in [0.5, 0.6) is 0 Å². The van der Waals surface area contributed by atoms with Gasteiger partial charge in [-0.1, -0.05) is 12.8 Å². The molecule has 0 bridgehead atoms. The summed E-state index contributed by atoms with van der Waals surface area (Å²) in [5, 5.41) is 3.61. The molecular weight excluding hydrogens is 316 g/mol. The zero-order valence-electron chi connectivity index (χ0n) is 16.7. The van der Waals surface area contributed by atoms with Crippen molar-refractivity contribution >= 4 is 11.9 Å². The smallest absolute Gasteiger partial charge is 0.243 e. The molecule has 6 heteroatoms. The predicted molar refractivity (Wildman–Crippen MR) is 102 cm³/mol. The molecule has 1 N–H and O–H groups in total. The minimum absolute atomic E-state index is 0.0386. The van der Waals surface area contributed by atoms with Crippen LogP contribution in [0.1, 0.15) is 59.3 Å². The van der Waals surface area contributed by atoms with Gasteiger partial charge in [0, 0.05) is 33.2 Å². The summed E-state index contributed by atoms with van der Waals surface area (Å²) < 4.78 is 6.12. The molecule has 0 unspecified atom stereocenters. The van der Waals surface area contributed by atoms with Crippen molar-refractivity contribution in [1.29, 1.82) is 0 Å². The van der Waals surface area contributed by atoms with Crippen LogP contribution in [-0.4, -0.2) is 73.1 Å². The number of aliphatic imine (C=N–C) groups is 1. The fraction of sp³-hybridized carbons (Fsp3) is 0.895. The molecule has 0 radical (unpaired) electrons. The number of hydrogen-bond donors (Lipinski definition) is 1. The van der Waals surface area contributed by atoms with E-state index in [4.69, 9.17) is 4.74 Å². The van der Waals surface area contributed by atoms with E-state index >= 15 is 0 Å². The largest absolute Gasteiger partial charge is 0.372 e. The van der Waals surface area contributed by atoms with Crippen LogP contribution in [0.4, 0.5) is 0 Å². The van der Waals surface area contributed by atoms with Crippen molar-refractivity contribution in [2.75, 3.05) is 33.7 Å². The van der Waals surface area contributed by atoms with E-state index in [1.54, 1.807) is 19.0 Å². The zero-order chi connectivity index (χ0) is 18.4. The van der Waals surface area contributed by atoms with Gasteiger partial charge in [0.2, 0.25) is 5.91 Å². The number of piperidine rings is 1. The van der Waals surface area contributed by atoms with Crippen molar-refractivity contribution in [3.8, 4) is 0 Å². The average molecular weight is 353 g/mol. The molecule has 1 aliphatic carbocycles. The van der Waals surface area contributed by atoms with Crippen molar-refractivity contribution in [3.05, 3.63) is 0 Å². The van der Waals surface area contributed by atoms with Gasteiger partial charge in [-0.2, -0.15) is 0 Å². The molecule has 6 nitrogen and oxygen atoms in total. The van der Waals surface area contributed by atoms with E-state index in [-0.39, 0.29) is 18.1 Å². The first-order valence-electron chi connectivity index (χ1n) is 9.68. The molecule has 1 heterocycles. The Bertz CT molecular complexity index is 457. The van der Waals surface area contributed by atoms with E-state index in [9.17, 15) is 4.79 Å². The van der Waals surface area contributed by atoms with Crippen molar-refractivity contribution in [3.63, 3.8) is 0 Å². The molecule has 144 valence electrons. The van der Waals surface area contributed by atoms with Crippen molar-refractivity contribution in [1.82, 2.24) is 15.1 Å². The molecule has 0 spiro atoms. The van der Waals surface area contributed by atoms with Crippen LogP contribution in [0.2, 0.25) is 0 Å². The number of guanidine groups is 1. The Morgan fingerprint density at radius 2 is 1.76 bits per heavy atom. The van der Waals surface area contributed by atoms with Crippen LogP contribution >= 0.6 is 0 Å². The van der Waals surface area contributed by atoms with Gasteiger partial charge in [0.25, 0.3) is 0 Å². The van der Waals surface area contributed by atoms with Gasteiger partial charge in [-0.05, 0) is 46.5 Å². The first kappa shape index (κ1) is 20.0. The lowest BCUT2D eigenvalue weighted by molar-refractivity contribution is -0.127. The van der Waals surface area contributed by atoms with E-state index in [0.29, 0.717) is 12.1 Å². The van der Waals surface area contributed by atoms with Crippen molar-refractivity contribution in [2.24, 2.45) is 4.99 Å². The van der Waals surface area contributed by atoms with E-state index in [0.717, 1.165) is 31.9 Å². The molecule has 0 aromatic rings. The third-order valence-electron chi connectivity index (χ3n) is 4.81. The number of nitrogens with zero attached hydrogens (tertiary/aromatic N) is 3. The summed E-state index contributed by atoms with van der Waals surface area (Å²) in [4.78, 5) is 20.5. The monoisotopic (exact) mass is 352 g/mol. The summed E-state index contributed by atoms with van der Waals surface area (Å²) in [6, 6.07) is 0.497. The van der Waals surface area contributed by atoms with Crippen LogP contribution in [0.15, 0.2) is 4.99 Å². The second-order valence-corrected chi connectivity index (χ2v) is 8.47. The van der Waals surface area contributed by atoms with Crippen LogP contribution in [0, 0.1) is 0 Å². The number of amides is 1. The third-order valence-corrected chi connectivity index (χ3v) is 4.81. The van der Waals surface area contributed by atoms with E-state index < -0.39 is 0 Å². The Morgan fingerprint density at radius 1 is 1.16 bits per heavy atom. The van der Waals surface area contributed by atoms with Gasteiger partial charge in [-0.25, -0.2) is 4.99 Å². The van der Waals surface area contributed by atoms with Crippen molar-refractivity contribution in [2.45, 2.75) is 77.0 Å². The molecule has 1 saturated heterocycles. The first-order valence-corrected chi connectivity index (χ1v) is 9.68. The van der Waals surface area contributed by atoms with Gasteiger partial charge in [0.15, 0.2) is 5.96 Å². The standard InChI is InChI=1S/C19H36N4O2/c1-19(2,3)25-16-10-12-23(13-11-16)18(20-14-17(24)22(4)5)21-15-8-6-7-9-15/h15-16H,6-14H2,1-5H3,(H,20,21). The number of carbonyl (C=O) groups is 1. The van der Waals surface area contributed by atoms with Crippen molar-refractivity contribution < 1.29 is 9.53 Å². The van der Waals surface area contributed by atoms with Crippen LogP contribution < -0.4 is 5.32 Å². The Hall–Kier alpha value is -1.30. The topological polar surface area (TPSA) is 57.2 Å². The summed E-state index contributed by atoms with van der Waals surface area (Å²) >= 11 is 0. The molecular formula is C19H36N4O2. The summed E-state index contributed by atoms with van der Waals surface area (Å²) in [6.07, 6.45) is 7.28. The number of likely N-dealkylation sites (N-methyl/N-ethyl adjacent to an activating group) is 1. The minimum atomic E-state index is -0.0933. The Morgan fingerprint density at radius 3 is 2.28 bits per heavy atom. The Balaban J connectivity index is 1.95. The highest BCUT2D eigenvalue weighted by atomic mass is 16.5. The van der Waals surface area contributed by atoms with E-state index in [2.05, 4.69) is 36.0 Å². The lowest BCUT2D eigenvalue weighted by Gasteiger charge is -2.37. The van der Waals surface area contributed by atoms with Crippen LogP contribution in [-0.2, 0) is 9.53 Å². The number of hydrogen-bond acceptors (Lipinski definition) is 3. The number of rotatable bonds is 4. The first-order chi connectivity index (χ1) is 11.7. The highest BCUT2D eigenvalue weighted by molar-refractivity contribution is 5.85. The zero-order valence-corrected chi connectivity index (χ0v) is 16.7. The van der Waals surface area contributed by atoms with Gasteiger partial charge < -0.3 is 19.9 Å². The molecule has 0 aromatic heterocycles. The summed E-state index contributed by atoms with van der Waals surface area (Å²) in [7, 11) is 3.55. The second kappa shape index (κ2) is 8.88. The Labute approximate surface area is 153 Å². The highest BCUT2D eigenvalue weighted by Crippen LogP contribution is 2.21. The number of ether oxygens (including phenoxy) is 1. The molecule has 0 aromatic carbocycles. The quantitative estimate of drug-likeness (QED) is 0.623. The molecule has 2 rings (SSSR count). The lowest BCUT2D eigenvalue weighted by Crippen LogP contribution is -2.50. The van der Waals surface area contributed by atoms with E-state index in [1.807, 2.05) is 0 Å². The maximum atomic E-state index is 11.9. The molecule has 1 saturated carbocycles. The minimum Gasteiger partial charge on any atom is -0.372 e. The van der Waals surface area contributed by atoms with Gasteiger partial charge in [0.1, 0.15) is 6.54 Å². The normalized spacial score (nSPS) is 20.8. The lowest BCUT2D eigenvalue weighted by atomic mass is 10.1. The number of nitrogens with one attached hydrogen (secondary N) is 1. The predicted octanol–water partition coefficient (Wildman–Crippen LogP) is 2.24. The summed E-state index contributed by atoms with van der Waals surface area (Å²) in [6.45, 7) is 8.40.